The first kappa shape index (κ1) is 14.6. The Hall–Kier alpha value is -1.82. The number of halogens is 3. The average Bonchev–Trinajstić information content (AvgIpc) is 2.40. The summed E-state index contributed by atoms with van der Waals surface area (Å²) < 4.78 is 39.3. The molecule has 0 aliphatic carbocycles. The molecule has 0 fully saturated rings. The zero-order valence-electron chi connectivity index (χ0n) is 10.9. The molecule has 0 saturated heterocycles. The molecule has 20 heavy (non-hydrogen) atoms. The molecule has 0 saturated carbocycles. The monoisotopic (exact) mass is 284 g/mol. The van der Waals surface area contributed by atoms with Gasteiger partial charge in [0.25, 0.3) is 5.56 Å². The van der Waals surface area contributed by atoms with Gasteiger partial charge < -0.3 is 10.3 Å². The molecule has 6 heteroatoms. The summed E-state index contributed by atoms with van der Waals surface area (Å²) in [5, 5.41) is 0.551. The Morgan fingerprint density at radius 2 is 2.00 bits per heavy atom. The van der Waals surface area contributed by atoms with Crippen molar-refractivity contribution in [2.24, 2.45) is 5.73 Å². The van der Waals surface area contributed by atoms with Crippen LogP contribution in [0.3, 0.4) is 0 Å². The minimum Gasteiger partial charge on any atom is -0.326 e. The molecule has 0 radical (unpaired) electrons. The fourth-order valence-electron chi connectivity index (χ4n) is 1.99. The fraction of sp³-hybridized carbons (Fsp3) is 0.357. The highest BCUT2D eigenvalue weighted by Crippen LogP contribution is 2.30. The number of alkyl halides is 3. The van der Waals surface area contributed by atoms with E-state index in [0.717, 1.165) is 18.6 Å². The fourth-order valence-corrected chi connectivity index (χ4v) is 1.99. The van der Waals surface area contributed by atoms with Crippen LogP contribution in [0.25, 0.3) is 10.8 Å². The lowest BCUT2D eigenvalue weighted by Crippen LogP contribution is -2.31. The number of pyridine rings is 1. The van der Waals surface area contributed by atoms with Crippen LogP contribution in [0.15, 0.2) is 35.3 Å². The summed E-state index contributed by atoms with van der Waals surface area (Å²) in [6.45, 7) is 2.26. The van der Waals surface area contributed by atoms with Crippen molar-refractivity contribution in [1.82, 2.24) is 4.57 Å². The molecule has 0 bridgehead atoms. The zero-order valence-corrected chi connectivity index (χ0v) is 10.9. The van der Waals surface area contributed by atoms with Gasteiger partial charge in [0.05, 0.1) is 5.56 Å². The van der Waals surface area contributed by atoms with Crippen molar-refractivity contribution in [2.45, 2.75) is 32.1 Å². The first-order chi connectivity index (χ1) is 9.32. The number of hydrogen-bond acceptors (Lipinski definition) is 2. The lowest BCUT2D eigenvalue weighted by atomic mass is 10.1. The summed E-state index contributed by atoms with van der Waals surface area (Å²) in [6.07, 6.45) is -2.20. The van der Waals surface area contributed by atoms with Gasteiger partial charge in [-0.1, -0.05) is 6.92 Å². The minimum absolute atomic E-state index is 0.153. The van der Waals surface area contributed by atoms with Gasteiger partial charge in [0.1, 0.15) is 0 Å². The van der Waals surface area contributed by atoms with Gasteiger partial charge in [-0.2, -0.15) is 13.2 Å². The second kappa shape index (κ2) is 5.28. The zero-order chi connectivity index (χ0) is 14.9. The lowest BCUT2D eigenvalue weighted by Gasteiger charge is -2.13. The van der Waals surface area contributed by atoms with E-state index in [1.54, 1.807) is 0 Å². The van der Waals surface area contributed by atoms with Gasteiger partial charge in [-0.15, -0.1) is 0 Å². The molecular formula is C14H15F3N2O. The van der Waals surface area contributed by atoms with Crippen molar-refractivity contribution in [3.63, 3.8) is 0 Å². The topological polar surface area (TPSA) is 48.0 Å². The predicted octanol–water partition coefficient (Wildman–Crippen LogP) is 2.76. The maximum absolute atomic E-state index is 12.6. The van der Waals surface area contributed by atoms with E-state index in [2.05, 4.69) is 0 Å². The summed E-state index contributed by atoms with van der Waals surface area (Å²) in [5.41, 5.74) is 4.71. The minimum atomic E-state index is -4.41. The van der Waals surface area contributed by atoms with Crippen LogP contribution in [-0.2, 0) is 12.7 Å². The van der Waals surface area contributed by atoms with Crippen molar-refractivity contribution in [3.05, 3.63) is 46.4 Å². The lowest BCUT2D eigenvalue weighted by molar-refractivity contribution is -0.137. The number of benzene rings is 1. The van der Waals surface area contributed by atoms with Crippen molar-refractivity contribution in [1.29, 1.82) is 0 Å². The molecule has 1 atom stereocenters. The number of aromatic nitrogens is 1. The highest BCUT2D eigenvalue weighted by Gasteiger charge is 2.30. The molecule has 1 aromatic carbocycles. The van der Waals surface area contributed by atoms with E-state index in [-0.39, 0.29) is 22.4 Å². The normalized spacial score (nSPS) is 13.7. The molecule has 108 valence electrons. The molecular weight excluding hydrogens is 269 g/mol. The summed E-state index contributed by atoms with van der Waals surface area (Å²) in [4.78, 5) is 12.2. The van der Waals surface area contributed by atoms with Crippen LogP contribution in [0.5, 0.6) is 0 Å². The van der Waals surface area contributed by atoms with Crippen molar-refractivity contribution < 1.29 is 13.2 Å². The summed E-state index contributed by atoms with van der Waals surface area (Å²) in [6, 6.07) is 4.48. The third-order valence-corrected chi connectivity index (χ3v) is 3.26. The Morgan fingerprint density at radius 1 is 1.30 bits per heavy atom. The third kappa shape index (κ3) is 2.85. The Morgan fingerprint density at radius 3 is 2.60 bits per heavy atom. The number of nitrogens with zero attached hydrogens (tertiary/aromatic N) is 1. The number of fused-ring (bicyclic) bond motifs is 1. The van der Waals surface area contributed by atoms with Crippen molar-refractivity contribution in [3.8, 4) is 0 Å². The van der Waals surface area contributed by atoms with Gasteiger partial charge in [-0.3, -0.25) is 4.79 Å². The summed E-state index contributed by atoms with van der Waals surface area (Å²) in [5.74, 6) is 0. The second-order valence-electron chi connectivity index (χ2n) is 4.74. The van der Waals surface area contributed by atoms with Gasteiger partial charge in [0.15, 0.2) is 0 Å². The van der Waals surface area contributed by atoms with E-state index in [0.29, 0.717) is 6.54 Å². The molecule has 1 unspecified atom stereocenters. The van der Waals surface area contributed by atoms with Gasteiger partial charge in [0, 0.05) is 24.2 Å². The van der Waals surface area contributed by atoms with E-state index in [4.69, 9.17) is 5.73 Å². The van der Waals surface area contributed by atoms with Gasteiger partial charge in [-0.05, 0) is 36.1 Å². The molecule has 0 spiro atoms. The third-order valence-electron chi connectivity index (χ3n) is 3.26. The molecule has 2 rings (SSSR count). The number of rotatable bonds is 3. The largest absolute Gasteiger partial charge is 0.416 e. The van der Waals surface area contributed by atoms with Crippen molar-refractivity contribution in [2.75, 3.05) is 0 Å². The predicted molar refractivity (Wildman–Crippen MR) is 71.5 cm³/mol. The van der Waals surface area contributed by atoms with E-state index in [1.807, 2.05) is 6.92 Å². The molecule has 0 aliphatic rings. The maximum Gasteiger partial charge on any atom is 0.416 e. The first-order valence-corrected chi connectivity index (χ1v) is 6.29. The highest BCUT2D eigenvalue weighted by molar-refractivity contribution is 5.82. The molecule has 1 heterocycles. The van der Waals surface area contributed by atoms with E-state index in [1.165, 1.54) is 22.9 Å². The van der Waals surface area contributed by atoms with Gasteiger partial charge in [0.2, 0.25) is 0 Å². The Labute approximate surface area is 113 Å². The SMILES string of the molecule is CCC(N)Cn1ccc2cc(C(F)(F)F)ccc2c1=O. The molecule has 0 aliphatic heterocycles. The Bertz CT molecular complexity index is 676. The molecule has 1 aromatic heterocycles. The van der Waals surface area contributed by atoms with Crippen LogP contribution in [-0.4, -0.2) is 10.6 Å². The van der Waals surface area contributed by atoms with E-state index >= 15 is 0 Å². The van der Waals surface area contributed by atoms with E-state index < -0.39 is 11.7 Å². The van der Waals surface area contributed by atoms with Crippen LogP contribution in [0.1, 0.15) is 18.9 Å². The average molecular weight is 284 g/mol. The molecule has 2 aromatic rings. The Balaban J connectivity index is 2.50. The Kier molecular flexibility index (Phi) is 3.85. The number of nitrogens with two attached hydrogens (primary N) is 1. The van der Waals surface area contributed by atoms with Crippen molar-refractivity contribution >= 4 is 10.8 Å². The van der Waals surface area contributed by atoms with Crippen LogP contribution in [0.2, 0.25) is 0 Å². The number of hydrogen-bond donors (Lipinski definition) is 1. The first-order valence-electron chi connectivity index (χ1n) is 6.29. The van der Waals surface area contributed by atoms with Crippen LogP contribution >= 0.6 is 0 Å². The van der Waals surface area contributed by atoms with Gasteiger partial charge in [-0.25, -0.2) is 0 Å². The van der Waals surface area contributed by atoms with Gasteiger partial charge >= 0.3 is 6.18 Å². The standard InChI is InChI=1S/C14H15F3N2O/c1-2-11(18)8-19-6-5-9-7-10(14(15,16)17)3-4-12(9)13(19)20/h3-7,11H,2,8,18H2,1H3. The highest BCUT2D eigenvalue weighted by atomic mass is 19.4. The molecule has 2 N–H and O–H groups in total. The maximum atomic E-state index is 12.6. The quantitative estimate of drug-likeness (QED) is 0.942. The van der Waals surface area contributed by atoms with E-state index in [9.17, 15) is 18.0 Å². The van der Waals surface area contributed by atoms with Crippen LogP contribution in [0.4, 0.5) is 13.2 Å². The molecule has 0 amide bonds. The van der Waals surface area contributed by atoms with Crippen LogP contribution in [0, 0.1) is 0 Å². The van der Waals surface area contributed by atoms with Crippen LogP contribution < -0.4 is 11.3 Å². The smallest absolute Gasteiger partial charge is 0.326 e. The summed E-state index contributed by atoms with van der Waals surface area (Å²) in [7, 11) is 0. The second-order valence-corrected chi connectivity index (χ2v) is 4.74. The summed E-state index contributed by atoms with van der Waals surface area (Å²) >= 11 is 0. The molecule has 3 nitrogen and oxygen atoms in total.